The molecule has 0 heterocycles. The van der Waals surface area contributed by atoms with Crippen LogP contribution in [0.1, 0.15) is 101 Å². The van der Waals surface area contributed by atoms with E-state index in [1.54, 1.807) is 0 Å². The normalized spacial score (nSPS) is 7.00. The number of terminal acetylenes is 1. The molecule has 0 aromatic rings. The molecule has 0 aromatic carbocycles. The molecule has 3 nitrogen and oxygen atoms in total. The molecule has 0 aliphatic rings. The van der Waals surface area contributed by atoms with Gasteiger partial charge in [0.2, 0.25) is 0 Å². The third-order valence-electron chi connectivity index (χ3n) is 2.14. The van der Waals surface area contributed by atoms with Crippen molar-refractivity contribution in [3.63, 3.8) is 0 Å². The van der Waals surface area contributed by atoms with Gasteiger partial charge in [0.15, 0.2) is 0 Å². The first-order chi connectivity index (χ1) is 13.7. The summed E-state index contributed by atoms with van der Waals surface area (Å²) in [5, 5.41) is 14.2. The number of halogens is 1. The number of carbonyl (C=O) groups excluding carboxylic acids is 1. The first kappa shape index (κ1) is 58.1. The molecule has 0 saturated heterocycles. The topological polar surface area (TPSA) is 64.8 Å². The summed E-state index contributed by atoms with van der Waals surface area (Å²) >= 11 is 5.44. The van der Waals surface area contributed by atoms with Gasteiger partial charge in [-0.1, -0.05) is 47.0 Å². The van der Waals surface area contributed by atoms with Gasteiger partial charge in [0, 0.05) is 11.4 Å². The van der Waals surface area contributed by atoms with E-state index in [4.69, 9.17) is 27.2 Å². The van der Waals surface area contributed by atoms with E-state index in [1.807, 2.05) is 34.6 Å². The van der Waals surface area contributed by atoms with Gasteiger partial charge in [0.05, 0.1) is 5.88 Å². The average molecular weight is 907 g/mol. The summed E-state index contributed by atoms with van der Waals surface area (Å²) in [5.41, 5.74) is 1.39. The van der Waals surface area contributed by atoms with Gasteiger partial charge in [0.25, 0.3) is 0 Å². The van der Waals surface area contributed by atoms with Crippen molar-refractivity contribution in [2.75, 3.05) is 5.88 Å². The molecule has 2 N–H and O–H groups in total. The number of nitrogens with one attached hydrogen (secondary N) is 2. The molecule has 0 aliphatic heterocycles. The van der Waals surface area contributed by atoms with Crippen LogP contribution < -0.4 is 0 Å². The molecular formula is C25H51ClN2OU2. The van der Waals surface area contributed by atoms with Crippen LogP contribution in [0.3, 0.4) is 0 Å². The Labute approximate surface area is 250 Å². The molecule has 0 spiro atoms. The Balaban J connectivity index is -0.0000000287. The molecule has 0 bridgehead atoms. The average Bonchev–Trinajstić information content (AvgIpc) is 2.71. The largest absolute Gasteiger partial charge is 2.00 e. The van der Waals surface area contributed by atoms with E-state index in [9.17, 15) is 0 Å². The number of rotatable bonds is 7. The molecule has 0 radical (unpaired) electrons. The van der Waals surface area contributed by atoms with Crippen LogP contribution in [-0.4, -0.2) is 23.6 Å². The molecule has 0 saturated carbocycles. The summed E-state index contributed by atoms with van der Waals surface area (Å²) in [6, 6.07) is 0. The molecule has 0 aromatic heterocycles. The summed E-state index contributed by atoms with van der Waals surface area (Å²) in [7, 11) is 0. The number of alkyl halides is 1. The van der Waals surface area contributed by atoms with Crippen molar-refractivity contribution in [3.8, 4) is 12.8 Å². The van der Waals surface area contributed by atoms with Gasteiger partial charge in [-0.25, -0.2) is 0 Å². The quantitative estimate of drug-likeness (QED) is 0.115. The SMILES string of the molecule is C#C.CC.CC.CCCC(C)=N.C[C-](C)C.C[C-]=O.[CH2-]CC(C[CH2-])CC(=N)CCl.[U+2].[U+2]. The molecule has 0 atom stereocenters. The van der Waals surface area contributed by atoms with Crippen LogP contribution in [0.15, 0.2) is 0 Å². The maximum atomic E-state index is 8.68. The van der Waals surface area contributed by atoms with Crippen LogP contribution in [0.25, 0.3) is 0 Å². The van der Waals surface area contributed by atoms with Crippen molar-refractivity contribution >= 4 is 29.3 Å². The smallest absolute Gasteiger partial charge is 0.542 e. The van der Waals surface area contributed by atoms with Crippen molar-refractivity contribution in [1.29, 1.82) is 10.8 Å². The molecule has 0 fully saturated rings. The standard InChI is InChI=1S/C8H14ClN.C5H11N.C4H9.C2H3O.2C2H6.C2H2.2U/c1-3-7(4-2)5-8(10)6-9;1-3-4-5(2)6;1-4(2)3;1-2-3;3*1-2;;/h7,10H,1-6H2;6H,3-4H2,1-2H3;1-3H3;1H3;2*1-2H3;1-2H;;/q-2;;2*-1;;;;2*+2. The Morgan fingerprint density at radius 2 is 1.29 bits per heavy atom. The van der Waals surface area contributed by atoms with Crippen molar-refractivity contribution in [2.24, 2.45) is 5.92 Å². The monoisotopic (exact) mass is 906 g/mol. The Bertz CT molecular complexity index is 304. The van der Waals surface area contributed by atoms with Crippen molar-refractivity contribution in [1.82, 2.24) is 0 Å². The minimum atomic E-state index is 0. The second kappa shape index (κ2) is 69.8. The van der Waals surface area contributed by atoms with Crippen LogP contribution in [0.5, 0.6) is 0 Å². The number of hydrogen-bond acceptors (Lipinski definition) is 3. The maximum Gasteiger partial charge on any atom is 2.00 e. The Kier molecular flexibility index (Phi) is 131. The van der Waals surface area contributed by atoms with Crippen LogP contribution in [-0.2, 0) is 4.79 Å². The third kappa shape index (κ3) is 133. The van der Waals surface area contributed by atoms with E-state index in [1.165, 1.54) is 19.1 Å². The predicted octanol–water partition coefficient (Wildman–Crippen LogP) is 8.56. The van der Waals surface area contributed by atoms with E-state index in [0.717, 1.165) is 37.8 Å². The van der Waals surface area contributed by atoms with Crippen LogP contribution in [0, 0.1) is 112 Å². The van der Waals surface area contributed by atoms with Gasteiger partial charge in [-0.2, -0.15) is 40.5 Å². The second-order valence-corrected chi connectivity index (χ2v) is 5.89. The Hall–Kier alpha value is 0.964. The minimum Gasteiger partial charge on any atom is -0.542 e. The fourth-order valence-corrected chi connectivity index (χ4v) is 1.24. The van der Waals surface area contributed by atoms with Crippen molar-refractivity contribution < 1.29 is 67.0 Å². The third-order valence-corrected chi connectivity index (χ3v) is 2.46. The van der Waals surface area contributed by atoms with Crippen LogP contribution in [0.4, 0.5) is 0 Å². The Morgan fingerprint density at radius 3 is 1.39 bits per heavy atom. The van der Waals surface area contributed by atoms with Gasteiger partial charge in [-0.15, -0.1) is 24.4 Å². The van der Waals surface area contributed by atoms with Crippen molar-refractivity contribution in [2.45, 2.75) is 101 Å². The summed E-state index contributed by atoms with van der Waals surface area (Å²) in [6.07, 6.45) is 14.0. The van der Waals surface area contributed by atoms with Gasteiger partial charge in [-0.05, 0) is 19.8 Å². The molecule has 0 aliphatic carbocycles. The predicted molar refractivity (Wildman–Crippen MR) is 139 cm³/mol. The van der Waals surface area contributed by atoms with Gasteiger partial charge < -0.3 is 35.4 Å². The molecule has 31 heavy (non-hydrogen) atoms. The van der Waals surface area contributed by atoms with Gasteiger partial charge in [-0.3, -0.25) is 6.29 Å². The summed E-state index contributed by atoms with van der Waals surface area (Å²) < 4.78 is 0. The molecule has 0 rings (SSSR count). The second-order valence-electron chi connectivity index (χ2n) is 5.62. The zero-order chi connectivity index (χ0) is 25.3. The Morgan fingerprint density at radius 1 is 1.03 bits per heavy atom. The van der Waals surface area contributed by atoms with Crippen LogP contribution in [0.2, 0.25) is 0 Å². The van der Waals surface area contributed by atoms with Crippen LogP contribution >= 0.6 is 11.6 Å². The molecule has 0 amide bonds. The fourth-order valence-electron chi connectivity index (χ4n) is 1.13. The maximum absolute atomic E-state index is 8.68. The van der Waals surface area contributed by atoms with E-state index >= 15 is 0 Å². The van der Waals surface area contributed by atoms with Gasteiger partial charge in [0.1, 0.15) is 0 Å². The molecule has 0 unspecified atom stereocenters. The molecular weight excluding hydrogens is 856 g/mol. The van der Waals surface area contributed by atoms with Crippen molar-refractivity contribution in [3.05, 3.63) is 19.8 Å². The zero-order valence-corrected chi connectivity index (χ0v) is 31.3. The summed E-state index contributed by atoms with van der Waals surface area (Å²) in [4.78, 5) is 8.68. The minimum absolute atomic E-state index is 0. The zero-order valence-electron chi connectivity index (χ0n) is 22.2. The summed E-state index contributed by atoms with van der Waals surface area (Å²) in [5.74, 6) is 2.21. The fraction of sp³-hybridized carbons (Fsp3) is 0.680. The summed E-state index contributed by atoms with van der Waals surface area (Å²) in [6.45, 7) is 27.0. The van der Waals surface area contributed by atoms with Gasteiger partial charge >= 0.3 is 62.2 Å². The first-order valence-corrected chi connectivity index (χ1v) is 10.8. The van der Waals surface area contributed by atoms with E-state index in [-0.39, 0.29) is 62.2 Å². The first-order valence-electron chi connectivity index (χ1n) is 10.3. The molecule has 182 valence electrons. The number of hydrogen-bond donors (Lipinski definition) is 2. The molecule has 6 heteroatoms. The van der Waals surface area contributed by atoms with E-state index in [0.29, 0.717) is 17.5 Å². The van der Waals surface area contributed by atoms with E-state index in [2.05, 4.69) is 54.4 Å². The van der Waals surface area contributed by atoms with E-state index < -0.39 is 0 Å².